The zero-order chi connectivity index (χ0) is 12.4. The van der Waals surface area contributed by atoms with E-state index in [4.69, 9.17) is 5.73 Å². The van der Waals surface area contributed by atoms with Crippen molar-refractivity contribution in [1.29, 1.82) is 0 Å². The van der Waals surface area contributed by atoms with E-state index < -0.39 is 0 Å². The lowest BCUT2D eigenvalue weighted by Crippen LogP contribution is -2.47. The molecule has 1 unspecified atom stereocenters. The molecule has 2 rings (SSSR count). The Balaban J connectivity index is 2.35. The summed E-state index contributed by atoms with van der Waals surface area (Å²) in [6.07, 6.45) is 1.65. The average Bonchev–Trinajstić information content (AvgIpc) is 2.33. The number of amides is 1. The summed E-state index contributed by atoms with van der Waals surface area (Å²) in [4.78, 5) is 14.0. The van der Waals surface area contributed by atoms with Gasteiger partial charge in [0.2, 0.25) is 5.91 Å². The molecule has 1 atom stereocenters. The van der Waals surface area contributed by atoms with Crippen LogP contribution in [0, 0.1) is 0 Å². The van der Waals surface area contributed by atoms with Crippen LogP contribution >= 0.6 is 0 Å². The highest BCUT2D eigenvalue weighted by Gasteiger charge is 2.29. The molecule has 1 heterocycles. The van der Waals surface area contributed by atoms with Gasteiger partial charge in [-0.05, 0) is 37.1 Å². The third-order valence-electron chi connectivity index (χ3n) is 3.32. The van der Waals surface area contributed by atoms with Gasteiger partial charge < -0.3 is 16.0 Å². The van der Waals surface area contributed by atoms with Crippen LogP contribution in [0.2, 0.25) is 0 Å². The Morgan fingerprint density at radius 2 is 2.24 bits per heavy atom. The van der Waals surface area contributed by atoms with Gasteiger partial charge >= 0.3 is 0 Å². The smallest absolute Gasteiger partial charge is 0.247 e. The Morgan fingerprint density at radius 3 is 2.88 bits per heavy atom. The van der Waals surface area contributed by atoms with Gasteiger partial charge in [-0.25, -0.2) is 0 Å². The van der Waals surface area contributed by atoms with Crippen molar-refractivity contribution in [2.45, 2.75) is 25.8 Å². The molecule has 1 aliphatic rings. The summed E-state index contributed by atoms with van der Waals surface area (Å²) in [5.41, 5.74) is 8.75. The molecule has 17 heavy (non-hydrogen) atoms. The molecule has 0 aliphatic carbocycles. The van der Waals surface area contributed by atoms with E-state index in [1.54, 1.807) is 0 Å². The number of fused-ring (bicyclic) bond motifs is 1. The number of nitrogens with zero attached hydrogens (tertiary/aromatic N) is 1. The highest BCUT2D eigenvalue weighted by atomic mass is 16.2. The summed E-state index contributed by atoms with van der Waals surface area (Å²) in [5, 5.41) is 2.96. The Bertz CT molecular complexity index is 431. The molecule has 0 aromatic heterocycles. The first-order chi connectivity index (χ1) is 8.17. The predicted molar refractivity (Wildman–Crippen MR) is 70.3 cm³/mol. The third-order valence-corrected chi connectivity index (χ3v) is 3.32. The Kier molecular flexibility index (Phi) is 3.33. The van der Waals surface area contributed by atoms with Crippen LogP contribution in [-0.2, 0) is 11.2 Å². The van der Waals surface area contributed by atoms with Crippen molar-refractivity contribution in [3.05, 3.63) is 23.8 Å². The van der Waals surface area contributed by atoms with Crippen LogP contribution in [0.1, 0.15) is 18.9 Å². The molecule has 1 aromatic carbocycles. The SMILES string of the molecule is CCc1ccc2c(c1)NC(=O)C(CCN)N2C. The van der Waals surface area contributed by atoms with Crippen molar-refractivity contribution in [2.75, 3.05) is 23.8 Å². The van der Waals surface area contributed by atoms with Crippen LogP contribution in [0.4, 0.5) is 11.4 Å². The van der Waals surface area contributed by atoms with Crippen LogP contribution in [0.5, 0.6) is 0 Å². The fourth-order valence-corrected chi connectivity index (χ4v) is 2.25. The second kappa shape index (κ2) is 4.75. The maximum absolute atomic E-state index is 11.9. The lowest BCUT2D eigenvalue weighted by Gasteiger charge is -2.35. The van der Waals surface area contributed by atoms with Gasteiger partial charge in [0.1, 0.15) is 6.04 Å². The topological polar surface area (TPSA) is 58.4 Å². The number of carbonyl (C=O) groups is 1. The first kappa shape index (κ1) is 11.9. The summed E-state index contributed by atoms with van der Waals surface area (Å²) in [5.74, 6) is 0.0405. The molecule has 92 valence electrons. The number of hydrogen-bond acceptors (Lipinski definition) is 3. The number of benzene rings is 1. The van der Waals surface area contributed by atoms with Gasteiger partial charge in [0, 0.05) is 7.05 Å². The summed E-state index contributed by atoms with van der Waals surface area (Å²) >= 11 is 0. The summed E-state index contributed by atoms with van der Waals surface area (Å²) in [6.45, 7) is 2.62. The molecular formula is C13H19N3O. The van der Waals surface area contributed by atoms with Gasteiger partial charge in [-0.2, -0.15) is 0 Å². The molecule has 0 radical (unpaired) electrons. The molecule has 0 saturated carbocycles. The van der Waals surface area contributed by atoms with E-state index in [1.807, 2.05) is 18.0 Å². The van der Waals surface area contributed by atoms with Crippen LogP contribution < -0.4 is 16.0 Å². The average molecular weight is 233 g/mol. The van der Waals surface area contributed by atoms with Gasteiger partial charge in [-0.3, -0.25) is 4.79 Å². The number of aryl methyl sites for hydroxylation is 1. The summed E-state index contributed by atoms with van der Waals surface area (Å²) in [6, 6.07) is 6.06. The van der Waals surface area contributed by atoms with E-state index in [0.717, 1.165) is 17.8 Å². The van der Waals surface area contributed by atoms with Gasteiger partial charge in [0.15, 0.2) is 0 Å². The number of nitrogens with one attached hydrogen (secondary N) is 1. The first-order valence-corrected chi connectivity index (χ1v) is 6.04. The van der Waals surface area contributed by atoms with Crippen molar-refractivity contribution in [3.8, 4) is 0 Å². The van der Waals surface area contributed by atoms with Crippen LogP contribution in [0.25, 0.3) is 0 Å². The Morgan fingerprint density at radius 1 is 1.47 bits per heavy atom. The molecule has 3 N–H and O–H groups in total. The largest absolute Gasteiger partial charge is 0.361 e. The minimum Gasteiger partial charge on any atom is -0.361 e. The number of rotatable bonds is 3. The zero-order valence-electron chi connectivity index (χ0n) is 10.4. The molecule has 0 fully saturated rings. The van der Waals surface area contributed by atoms with Crippen molar-refractivity contribution in [1.82, 2.24) is 0 Å². The van der Waals surface area contributed by atoms with E-state index in [9.17, 15) is 4.79 Å². The molecule has 0 saturated heterocycles. The standard InChI is InChI=1S/C13H19N3O/c1-3-9-4-5-11-10(8-9)15-13(17)12(6-7-14)16(11)2/h4-5,8,12H,3,6-7,14H2,1-2H3,(H,15,17). The van der Waals surface area contributed by atoms with Crippen molar-refractivity contribution in [2.24, 2.45) is 5.73 Å². The van der Waals surface area contributed by atoms with Crippen molar-refractivity contribution in [3.63, 3.8) is 0 Å². The van der Waals surface area contributed by atoms with Crippen LogP contribution in [0.15, 0.2) is 18.2 Å². The highest BCUT2D eigenvalue weighted by Crippen LogP contribution is 2.32. The maximum atomic E-state index is 11.9. The van der Waals surface area contributed by atoms with E-state index in [2.05, 4.69) is 24.4 Å². The molecule has 0 bridgehead atoms. The van der Waals surface area contributed by atoms with E-state index >= 15 is 0 Å². The monoisotopic (exact) mass is 233 g/mol. The fraction of sp³-hybridized carbons (Fsp3) is 0.462. The normalized spacial score (nSPS) is 18.9. The van der Waals surface area contributed by atoms with Gasteiger partial charge in [-0.1, -0.05) is 13.0 Å². The predicted octanol–water partition coefficient (Wildman–Crippen LogP) is 1.35. The first-order valence-electron chi connectivity index (χ1n) is 6.04. The maximum Gasteiger partial charge on any atom is 0.247 e. The van der Waals surface area contributed by atoms with Gasteiger partial charge in [0.05, 0.1) is 11.4 Å². The fourth-order valence-electron chi connectivity index (χ4n) is 2.25. The highest BCUT2D eigenvalue weighted by molar-refractivity contribution is 6.03. The lowest BCUT2D eigenvalue weighted by molar-refractivity contribution is -0.117. The van der Waals surface area contributed by atoms with E-state index in [1.165, 1.54) is 5.56 Å². The number of likely N-dealkylation sites (N-methyl/N-ethyl adjacent to an activating group) is 1. The molecular weight excluding hydrogens is 214 g/mol. The van der Waals surface area contributed by atoms with E-state index in [-0.39, 0.29) is 11.9 Å². The second-order valence-corrected chi connectivity index (χ2v) is 4.40. The Labute approximate surface area is 102 Å². The van der Waals surface area contributed by atoms with Gasteiger partial charge in [-0.15, -0.1) is 0 Å². The molecule has 1 aliphatic heterocycles. The number of nitrogens with two attached hydrogens (primary N) is 1. The van der Waals surface area contributed by atoms with Gasteiger partial charge in [0.25, 0.3) is 0 Å². The van der Waals surface area contributed by atoms with Crippen molar-refractivity contribution < 1.29 is 4.79 Å². The summed E-state index contributed by atoms with van der Waals surface area (Å²) < 4.78 is 0. The number of hydrogen-bond donors (Lipinski definition) is 2. The molecule has 1 aromatic rings. The van der Waals surface area contributed by atoms with Crippen LogP contribution in [0.3, 0.4) is 0 Å². The van der Waals surface area contributed by atoms with E-state index in [0.29, 0.717) is 13.0 Å². The van der Waals surface area contributed by atoms with Crippen LogP contribution in [-0.4, -0.2) is 25.5 Å². The zero-order valence-corrected chi connectivity index (χ0v) is 10.4. The lowest BCUT2D eigenvalue weighted by atomic mass is 10.0. The molecule has 4 nitrogen and oxygen atoms in total. The van der Waals surface area contributed by atoms with Crippen molar-refractivity contribution >= 4 is 17.3 Å². The Hall–Kier alpha value is -1.55. The quantitative estimate of drug-likeness (QED) is 0.828. The summed E-state index contributed by atoms with van der Waals surface area (Å²) in [7, 11) is 1.95. The minimum atomic E-state index is -0.153. The number of carbonyl (C=O) groups excluding carboxylic acids is 1. The third kappa shape index (κ3) is 2.13. The molecule has 4 heteroatoms. The second-order valence-electron chi connectivity index (χ2n) is 4.40. The minimum absolute atomic E-state index is 0.0405. The molecule has 0 spiro atoms. The number of anilines is 2. The molecule has 1 amide bonds.